The molecule has 0 aliphatic heterocycles. The van der Waals surface area contributed by atoms with E-state index in [1.807, 2.05) is 48.7 Å². The fraction of sp³-hybridized carbons (Fsp3) is 0.100. The van der Waals surface area contributed by atoms with Gasteiger partial charge in [0.05, 0.1) is 22.6 Å². The van der Waals surface area contributed by atoms with Crippen LogP contribution in [0.15, 0.2) is 74.8 Å². The van der Waals surface area contributed by atoms with Gasteiger partial charge in [-0.25, -0.2) is 14.6 Å². The summed E-state index contributed by atoms with van der Waals surface area (Å²) in [5.41, 5.74) is 1.53. The van der Waals surface area contributed by atoms with Gasteiger partial charge >= 0.3 is 0 Å². The number of aromatic nitrogens is 5. The molecule has 0 saturated carbocycles. The number of benzene rings is 1. The Hall–Kier alpha value is -3.17. The minimum absolute atomic E-state index is 0.118. The highest BCUT2D eigenvalue weighted by molar-refractivity contribution is 7.99. The molecule has 1 atom stereocenters. The second-order valence-electron chi connectivity index (χ2n) is 6.33. The summed E-state index contributed by atoms with van der Waals surface area (Å²) in [4.78, 5) is 25.4. The molecule has 29 heavy (non-hydrogen) atoms. The standard InChI is InChI=1S/C20H15N5O2S2/c1-12(29-20-21-11-25(24-20)13-6-3-2-4-7-13)17-22-18(26)16-14(10-28-19(16)23-17)15-8-5-9-27-15/h2-12H,1H3,(H,22,23,26). The Balaban J connectivity index is 1.42. The van der Waals surface area contributed by atoms with Crippen molar-refractivity contribution in [2.24, 2.45) is 0 Å². The smallest absolute Gasteiger partial charge is 0.260 e. The third-order valence-corrected chi connectivity index (χ3v) is 6.25. The maximum absolute atomic E-state index is 12.7. The van der Waals surface area contributed by atoms with Crippen LogP contribution in [0.2, 0.25) is 0 Å². The van der Waals surface area contributed by atoms with E-state index >= 15 is 0 Å². The van der Waals surface area contributed by atoms with Crippen LogP contribution in [-0.4, -0.2) is 24.7 Å². The summed E-state index contributed by atoms with van der Waals surface area (Å²) in [5, 5.41) is 7.46. The number of nitrogens with one attached hydrogen (secondary N) is 1. The Bertz CT molecular complexity index is 1320. The molecule has 0 aliphatic carbocycles. The lowest BCUT2D eigenvalue weighted by Crippen LogP contribution is -2.12. The fourth-order valence-electron chi connectivity index (χ4n) is 2.99. The van der Waals surface area contributed by atoms with Gasteiger partial charge in [-0.2, -0.15) is 0 Å². The van der Waals surface area contributed by atoms with Crippen molar-refractivity contribution in [3.63, 3.8) is 0 Å². The Morgan fingerprint density at radius 1 is 1.21 bits per heavy atom. The molecule has 0 aliphatic rings. The first-order valence-corrected chi connectivity index (χ1v) is 10.6. The molecule has 0 saturated heterocycles. The summed E-state index contributed by atoms with van der Waals surface area (Å²) in [5.74, 6) is 1.26. The number of fused-ring (bicyclic) bond motifs is 1. The Kier molecular flexibility index (Phi) is 4.53. The highest BCUT2D eigenvalue weighted by Gasteiger charge is 2.19. The van der Waals surface area contributed by atoms with Crippen molar-refractivity contribution in [2.75, 3.05) is 0 Å². The van der Waals surface area contributed by atoms with Crippen LogP contribution in [0.1, 0.15) is 18.0 Å². The van der Waals surface area contributed by atoms with E-state index in [4.69, 9.17) is 4.42 Å². The quantitative estimate of drug-likeness (QED) is 0.415. The maximum Gasteiger partial charge on any atom is 0.260 e. The number of thiophene rings is 1. The first-order valence-electron chi connectivity index (χ1n) is 8.88. The first kappa shape index (κ1) is 17.9. The van der Waals surface area contributed by atoms with Gasteiger partial charge in [-0.05, 0) is 31.2 Å². The minimum Gasteiger partial charge on any atom is -0.464 e. The van der Waals surface area contributed by atoms with E-state index in [-0.39, 0.29) is 10.8 Å². The van der Waals surface area contributed by atoms with Crippen molar-refractivity contribution in [2.45, 2.75) is 17.3 Å². The number of hydrogen-bond acceptors (Lipinski definition) is 7. The third-order valence-electron chi connectivity index (χ3n) is 4.41. The van der Waals surface area contributed by atoms with Gasteiger partial charge in [0.1, 0.15) is 22.7 Å². The van der Waals surface area contributed by atoms with Crippen molar-refractivity contribution < 1.29 is 4.42 Å². The molecule has 5 aromatic rings. The Morgan fingerprint density at radius 2 is 2.07 bits per heavy atom. The molecule has 4 aromatic heterocycles. The summed E-state index contributed by atoms with van der Waals surface area (Å²) in [6.45, 7) is 1.97. The predicted octanol–water partition coefficient (Wildman–Crippen LogP) is 4.68. The zero-order valence-corrected chi connectivity index (χ0v) is 16.9. The molecule has 1 N–H and O–H groups in total. The monoisotopic (exact) mass is 421 g/mol. The number of thioether (sulfide) groups is 1. The molecule has 1 aromatic carbocycles. The van der Waals surface area contributed by atoms with Gasteiger partial charge in [0.25, 0.3) is 5.56 Å². The van der Waals surface area contributed by atoms with Gasteiger partial charge in [-0.1, -0.05) is 30.0 Å². The second kappa shape index (κ2) is 7.34. The number of H-pyrrole nitrogens is 1. The number of rotatable bonds is 5. The molecule has 0 fully saturated rings. The number of para-hydroxylation sites is 1. The maximum atomic E-state index is 12.7. The number of furan rings is 1. The van der Waals surface area contributed by atoms with Crippen LogP contribution in [-0.2, 0) is 0 Å². The zero-order valence-electron chi connectivity index (χ0n) is 15.3. The SMILES string of the molecule is CC(Sc1ncn(-c2ccccc2)n1)c1nc2scc(-c3ccco3)c2c(=O)[nH]1. The lowest BCUT2D eigenvalue weighted by molar-refractivity contribution is 0.583. The van der Waals surface area contributed by atoms with Gasteiger partial charge in [0.2, 0.25) is 5.16 Å². The van der Waals surface area contributed by atoms with Crippen LogP contribution < -0.4 is 5.56 Å². The van der Waals surface area contributed by atoms with Crippen molar-refractivity contribution in [3.8, 4) is 17.0 Å². The number of nitrogens with zero attached hydrogens (tertiary/aromatic N) is 4. The molecule has 9 heteroatoms. The molecule has 0 bridgehead atoms. The van der Waals surface area contributed by atoms with Gasteiger partial charge in [-0.15, -0.1) is 16.4 Å². The molecular weight excluding hydrogens is 406 g/mol. The van der Waals surface area contributed by atoms with Crippen molar-refractivity contribution >= 4 is 33.3 Å². The molecule has 0 radical (unpaired) electrons. The van der Waals surface area contributed by atoms with E-state index in [1.54, 1.807) is 23.3 Å². The summed E-state index contributed by atoms with van der Waals surface area (Å²) in [6.07, 6.45) is 3.27. The largest absolute Gasteiger partial charge is 0.464 e. The fourth-order valence-corrected chi connectivity index (χ4v) is 4.71. The first-order chi connectivity index (χ1) is 14.2. The highest BCUT2D eigenvalue weighted by atomic mass is 32.2. The summed E-state index contributed by atoms with van der Waals surface area (Å²) >= 11 is 2.87. The molecule has 1 unspecified atom stereocenters. The van der Waals surface area contributed by atoms with Gasteiger partial charge < -0.3 is 9.40 Å². The van der Waals surface area contributed by atoms with Gasteiger partial charge in [0.15, 0.2) is 0 Å². The van der Waals surface area contributed by atoms with E-state index < -0.39 is 0 Å². The van der Waals surface area contributed by atoms with E-state index in [0.717, 1.165) is 11.3 Å². The normalized spacial score (nSPS) is 12.4. The van der Waals surface area contributed by atoms with Crippen LogP contribution in [0.4, 0.5) is 0 Å². The topological polar surface area (TPSA) is 89.6 Å². The molecular formula is C20H15N5O2S2. The van der Waals surface area contributed by atoms with Crippen LogP contribution in [0.5, 0.6) is 0 Å². The van der Waals surface area contributed by atoms with E-state index in [2.05, 4.69) is 20.1 Å². The van der Waals surface area contributed by atoms with E-state index in [9.17, 15) is 4.79 Å². The molecule has 144 valence electrons. The van der Waals surface area contributed by atoms with Crippen molar-refractivity contribution in [3.05, 3.63) is 76.6 Å². The predicted molar refractivity (Wildman–Crippen MR) is 114 cm³/mol. The summed E-state index contributed by atoms with van der Waals surface area (Å²) < 4.78 is 7.17. The van der Waals surface area contributed by atoms with Gasteiger partial charge in [-0.3, -0.25) is 4.79 Å². The lowest BCUT2D eigenvalue weighted by atomic mass is 10.2. The van der Waals surface area contributed by atoms with Crippen LogP contribution >= 0.6 is 23.1 Å². The number of aromatic amines is 1. The average Bonchev–Trinajstić information content (AvgIpc) is 3.49. The van der Waals surface area contributed by atoms with Crippen molar-refractivity contribution in [1.29, 1.82) is 0 Å². The molecule has 0 amide bonds. The second-order valence-corrected chi connectivity index (χ2v) is 8.49. The highest BCUT2D eigenvalue weighted by Crippen LogP contribution is 2.34. The average molecular weight is 422 g/mol. The Labute approximate surface area is 173 Å². The van der Waals surface area contributed by atoms with Crippen LogP contribution in [0.3, 0.4) is 0 Å². The lowest BCUT2D eigenvalue weighted by Gasteiger charge is -2.08. The van der Waals surface area contributed by atoms with E-state index in [0.29, 0.717) is 27.0 Å². The van der Waals surface area contributed by atoms with Crippen molar-refractivity contribution in [1.82, 2.24) is 24.7 Å². The molecule has 7 nitrogen and oxygen atoms in total. The molecule has 4 heterocycles. The zero-order chi connectivity index (χ0) is 19.8. The number of hydrogen-bond donors (Lipinski definition) is 1. The van der Waals surface area contributed by atoms with E-state index in [1.165, 1.54) is 23.1 Å². The summed E-state index contributed by atoms with van der Waals surface area (Å²) in [6, 6.07) is 13.4. The van der Waals surface area contributed by atoms with Crippen LogP contribution in [0, 0.1) is 0 Å². The molecule has 0 spiro atoms. The van der Waals surface area contributed by atoms with Crippen LogP contribution in [0.25, 0.3) is 27.2 Å². The van der Waals surface area contributed by atoms with Gasteiger partial charge in [0, 0.05) is 10.9 Å². The summed E-state index contributed by atoms with van der Waals surface area (Å²) in [7, 11) is 0. The third kappa shape index (κ3) is 3.39. The minimum atomic E-state index is -0.173. The Morgan fingerprint density at radius 3 is 2.86 bits per heavy atom. The molecule has 5 rings (SSSR count).